The van der Waals surface area contributed by atoms with Gasteiger partial charge in [0.2, 0.25) is 5.91 Å². The second-order valence-electron chi connectivity index (χ2n) is 6.44. The number of thioether (sulfide) groups is 1. The molecule has 0 radical (unpaired) electrons. The fraction of sp³-hybridized carbons (Fsp3) is 0.273. The topological polar surface area (TPSA) is 86.1 Å². The van der Waals surface area contributed by atoms with Crippen molar-refractivity contribution >= 4 is 29.3 Å². The van der Waals surface area contributed by atoms with Gasteiger partial charge in [0.15, 0.2) is 5.16 Å². The minimum atomic E-state index is -0.379. The number of nitrogens with one attached hydrogen (secondary N) is 1. The number of rotatable bonds is 9. The van der Waals surface area contributed by atoms with Gasteiger partial charge in [0.1, 0.15) is 5.82 Å². The Labute approximate surface area is 179 Å². The van der Waals surface area contributed by atoms with Crippen molar-refractivity contribution in [2.75, 3.05) is 17.7 Å². The standard InChI is InChI=1S/C22H24N4O3S/c1-3-26-19(14-16-8-6-5-7-9-16)24-25-22(26)30-15-20(27)23-18-12-10-17(11-13-18)21(28)29-4-2/h5-13H,3-4,14-15H2,1-2H3,(H,23,27). The van der Waals surface area contributed by atoms with E-state index in [2.05, 4.69) is 27.6 Å². The molecule has 0 aliphatic heterocycles. The van der Waals surface area contributed by atoms with Crippen LogP contribution < -0.4 is 5.32 Å². The minimum absolute atomic E-state index is 0.154. The van der Waals surface area contributed by atoms with E-state index in [-0.39, 0.29) is 17.6 Å². The molecule has 156 valence electrons. The largest absolute Gasteiger partial charge is 0.462 e. The first-order chi connectivity index (χ1) is 14.6. The molecule has 3 aromatic rings. The minimum Gasteiger partial charge on any atom is -0.462 e. The quantitative estimate of drug-likeness (QED) is 0.415. The highest BCUT2D eigenvalue weighted by Crippen LogP contribution is 2.19. The molecule has 1 heterocycles. The Bertz CT molecular complexity index is 987. The SMILES string of the molecule is CCOC(=O)c1ccc(NC(=O)CSc2nnc(Cc3ccccc3)n2CC)cc1. The van der Waals surface area contributed by atoms with Gasteiger partial charge < -0.3 is 14.6 Å². The molecule has 0 fully saturated rings. The third-order valence-electron chi connectivity index (χ3n) is 4.33. The van der Waals surface area contributed by atoms with Gasteiger partial charge in [0, 0.05) is 18.7 Å². The van der Waals surface area contributed by atoms with Crippen molar-refractivity contribution in [3.8, 4) is 0 Å². The lowest BCUT2D eigenvalue weighted by Gasteiger charge is -2.08. The van der Waals surface area contributed by atoms with E-state index < -0.39 is 0 Å². The van der Waals surface area contributed by atoms with E-state index in [0.717, 1.165) is 17.5 Å². The Kier molecular flexibility index (Phi) is 7.62. The number of carbonyl (C=O) groups is 2. The zero-order valence-corrected chi connectivity index (χ0v) is 17.8. The fourth-order valence-corrected chi connectivity index (χ4v) is 3.71. The molecule has 2 aromatic carbocycles. The van der Waals surface area contributed by atoms with E-state index in [1.54, 1.807) is 31.2 Å². The smallest absolute Gasteiger partial charge is 0.338 e. The predicted octanol–water partition coefficient (Wildman–Crippen LogP) is 3.80. The summed E-state index contributed by atoms with van der Waals surface area (Å²) in [6.07, 6.45) is 0.696. The van der Waals surface area contributed by atoms with Gasteiger partial charge in [-0.25, -0.2) is 4.79 Å². The summed E-state index contributed by atoms with van der Waals surface area (Å²) in [4.78, 5) is 24.0. The summed E-state index contributed by atoms with van der Waals surface area (Å²) in [7, 11) is 0. The van der Waals surface area contributed by atoms with Crippen molar-refractivity contribution in [1.29, 1.82) is 0 Å². The van der Waals surface area contributed by atoms with Crippen LogP contribution in [0.1, 0.15) is 35.6 Å². The maximum Gasteiger partial charge on any atom is 0.338 e. The van der Waals surface area contributed by atoms with Crippen LogP contribution in [0.25, 0.3) is 0 Å². The highest BCUT2D eigenvalue weighted by atomic mass is 32.2. The molecular formula is C22H24N4O3S. The zero-order chi connectivity index (χ0) is 21.3. The average Bonchev–Trinajstić information content (AvgIpc) is 3.15. The molecule has 0 aliphatic carbocycles. The summed E-state index contributed by atoms with van der Waals surface area (Å²) in [6, 6.07) is 16.7. The molecule has 8 heteroatoms. The van der Waals surface area contributed by atoms with Crippen molar-refractivity contribution in [2.24, 2.45) is 0 Å². The lowest BCUT2D eigenvalue weighted by atomic mass is 10.1. The van der Waals surface area contributed by atoms with Gasteiger partial charge in [-0.1, -0.05) is 42.1 Å². The normalized spacial score (nSPS) is 10.6. The molecule has 1 aromatic heterocycles. The second-order valence-corrected chi connectivity index (χ2v) is 7.38. The monoisotopic (exact) mass is 424 g/mol. The summed E-state index contributed by atoms with van der Waals surface area (Å²) in [5, 5.41) is 12.1. The highest BCUT2D eigenvalue weighted by Gasteiger charge is 2.14. The van der Waals surface area contributed by atoms with Crippen LogP contribution in [0.4, 0.5) is 5.69 Å². The summed E-state index contributed by atoms with van der Waals surface area (Å²) in [5.41, 5.74) is 2.24. The molecule has 0 saturated carbocycles. The first-order valence-electron chi connectivity index (χ1n) is 9.76. The van der Waals surface area contributed by atoms with Crippen molar-refractivity contribution in [3.05, 3.63) is 71.5 Å². The molecule has 0 saturated heterocycles. The van der Waals surface area contributed by atoms with Crippen molar-refractivity contribution in [3.63, 3.8) is 0 Å². The Morgan fingerprint density at radius 2 is 1.77 bits per heavy atom. The maximum absolute atomic E-state index is 12.3. The molecule has 0 unspecified atom stereocenters. The number of benzene rings is 2. The number of amides is 1. The molecule has 0 spiro atoms. The van der Waals surface area contributed by atoms with Crippen molar-refractivity contribution < 1.29 is 14.3 Å². The van der Waals surface area contributed by atoms with Gasteiger partial charge in [0.05, 0.1) is 17.9 Å². The van der Waals surface area contributed by atoms with Gasteiger partial charge in [-0.3, -0.25) is 4.79 Å². The van der Waals surface area contributed by atoms with Crippen LogP contribution in [0.5, 0.6) is 0 Å². The second kappa shape index (κ2) is 10.6. The van der Waals surface area contributed by atoms with Crippen molar-refractivity contribution in [1.82, 2.24) is 14.8 Å². The predicted molar refractivity (Wildman–Crippen MR) is 117 cm³/mol. The highest BCUT2D eigenvalue weighted by molar-refractivity contribution is 7.99. The third kappa shape index (κ3) is 5.70. The van der Waals surface area contributed by atoms with E-state index in [0.29, 0.717) is 24.3 Å². The molecule has 3 rings (SSSR count). The van der Waals surface area contributed by atoms with Crippen LogP contribution in [0.15, 0.2) is 59.8 Å². The van der Waals surface area contributed by atoms with E-state index in [9.17, 15) is 9.59 Å². The molecule has 0 atom stereocenters. The van der Waals surface area contributed by atoms with Crippen molar-refractivity contribution in [2.45, 2.75) is 32.0 Å². The van der Waals surface area contributed by atoms with E-state index >= 15 is 0 Å². The van der Waals surface area contributed by atoms with Crippen LogP contribution in [-0.4, -0.2) is 39.0 Å². The lowest BCUT2D eigenvalue weighted by Crippen LogP contribution is -2.15. The molecule has 0 aliphatic rings. The number of carbonyl (C=O) groups excluding carboxylic acids is 2. The molecule has 7 nitrogen and oxygen atoms in total. The number of esters is 1. The molecule has 0 bridgehead atoms. The number of ether oxygens (including phenoxy) is 1. The van der Waals surface area contributed by atoms with E-state index in [1.807, 2.05) is 29.7 Å². The van der Waals surface area contributed by atoms with Crippen LogP contribution in [0.3, 0.4) is 0 Å². The molecular weight excluding hydrogens is 400 g/mol. The van der Waals surface area contributed by atoms with Crippen LogP contribution >= 0.6 is 11.8 Å². The summed E-state index contributed by atoms with van der Waals surface area (Å²) in [6.45, 7) is 4.85. The first kappa shape index (κ1) is 21.6. The number of anilines is 1. The van der Waals surface area contributed by atoms with E-state index in [1.165, 1.54) is 17.3 Å². The van der Waals surface area contributed by atoms with Gasteiger partial charge in [0.25, 0.3) is 0 Å². The zero-order valence-electron chi connectivity index (χ0n) is 17.0. The Morgan fingerprint density at radius 3 is 2.43 bits per heavy atom. The third-order valence-corrected chi connectivity index (χ3v) is 5.29. The van der Waals surface area contributed by atoms with Gasteiger partial charge in [-0.15, -0.1) is 10.2 Å². The first-order valence-corrected chi connectivity index (χ1v) is 10.7. The molecule has 30 heavy (non-hydrogen) atoms. The Balaban J connectivity index is 1.56. The average molecular weight is 425 g/mol. The fourth-order valence-electron chi connectivity index (χ4n) is 2.88. The maximum atomic E-state index is 12.3. The van der Waals surface area contributed by atoms with Crippen LogP contribution in [-0.2, 0) is 22.5 Å². The summed E-state index contributed by atoms with van der Waals surface area (Å²) >= 11 is 1.35. The Morgan fingerprint density at radius 1 is 1.03 bits per heavy atom. The number of nitrogens with zero attached hydrogens (tertiary/aromatic N) is 3. The van der Waals surface area contributed by atoms with E-state index in [4.69, 9.17) is 4.74 Å². The Hall–Kier alpha value is -3.13. The number of hydrogen-bond donors (Lipinski definition) is 1. The molecule has 1 amide bonds. The van der Waals surface area contributed by atoms with Crippen LogP contribution in [0, 0.1) is 0 Å². The van der Waals surface area contributed by atoms with Gasteiger partial charge in [-0.05, 0) is 43.7 Å². The van der Waals surface area contributed by atoms with Crippen LogP contribution in [0.2, 0.25) is 0 Å². The number of hydrogen-bond acceptors (Lipinski definition) is 6. The summed E-state index contributed by atoms with van der Waals surface area (Å²) in [5.74, 6) is 0.555. The molecule has 1 N–H and O–H groups in total. The van der Waals surface area contributed by atoms with Gasteiger partial charge in [-0.2, -0.15) is 0 Å². The van der Waals surface area contributed by atoms with Gasteiger partial charge >= 0.3 is 5.97 Å². The summed E-state index contributed by atoms with van der Waals surface area (Å²) < 4.78 is 6.98. The number of aromatic nitrogens is 3. The lowest BCUT2D eigenvalue weighted by molar-refractivity contribution is -0.113.